The SMILES string of the molecule is CCCC[P+](CCCC)(CCCC)CCCC.CCCC[P+](CCCC)(CCCC)CCCC.O=C(O)C1=CC(C(=O)O)C(C(=O)O)C=C1C(=O)O. The normalized spacial score (nSPS) is 15.7. The summed E-state index contributed by atoms with van der Waals surface area (Å²) in [4.78, 5) is 43.3. The first-order valence-corrected chi connectivity index (χ1v) is 25.9. The minimum Gasteiger partial charge on any atom is -0.481 e. The molecule has 1 aliphatic rings. The lowest BCUT2D eigenvalue weighted by Crippen LogP contribution is -2.32. The molecular weight excluding hydrogens is 694 g/mol. The maximum Gasteiger partial charge on any atom is 0.336 e. The van der Waals surface area contributed by atoms with E-state index in [-0.39, 0.29) is 0 Å². The predicted molar refractivity (Wildman–Crippen MR) is 226 cm³/mol. The van der Waals surface area contributed by atoms with Gasteiger partial charge in [0.25, 0.3) is 0 Å². The molecule has 0 aromatic rings. The molecular formula is C42H80O8P2+2. The molecule has 0 heterocycles. The lowest BCUT2D eigenvalue weighted by atomic mass is 9.82. The van der Waals surface area contributed by atoms with E-state index in [4.69, 9.17) is 20.4 Å². The van der Waals surface area contributed by atoms with Crippen molar-refractivity contribution in [3.63, 3.8) is 0 Å². The fourth-order valence-electron chi connectivity index (χ4n) is 6.86. The summed E-state index contributed by atoms with van der Waals surface area (Å²) >= 11 is 0. The van der Waals surface area contributed by atoms with Crippen LogP contribution in [0.5, 0.6) is 0 Å². The second-order valence-corrected chi connectivity index (χ2v) is 23.7. The van der Waals surface area contributed by atoms with Gasteiger partial charge < -0.3 is 20.4 Å². The van der Waals surface area contributed by atoms with E-state index in [1.807, 2.05) is 0 Å². The Bertz CT molecular complexity index is 898. The largest absolute Gasteiger partial charge is 0.481 e. The van der Waals surface area contributed by atoms with Crippen LogP contribution < -0.4 is 0 Å². The Kier molecular flexibility index (Phi) is 31.8. The van der Waals surface area contributed by atoms with Crippen molar-refractivity contribution in [3.05, 3.63) is 23.3 Å². The highest BCUT2D eigenvalue weighted by molar-refractivity contribution is 7.76. The summed E-state index contributed by atoms with van der Waals surface area (Å²) in [7, 11) is -1.12. The Balaban J connectivity index is 0. The molecule has 10 heteroatoms. The van der Waals surface area contributed by atoms with Gasteiger partial charge in [-0.2, -0.15) is 0 Å². The van der Waals surface area contributed by atoms with Crippen LogP contribution in [0.2, 0.25) is 0 Å². The Morgan fingerprint density at radius 1 is 0.404 bits per heavy atom. The highest BCUT2D eigenvalue weighted by atomic mass is 31.2. The Labute approximate surface area is 319 Å². The number of carbonyl (C=O) groups is 4. The van der Waals surface area contributed by atoms with Crippen LogP contribution in [-0.2, 0) is 19.2 Å². The third kappa shape index (κ3) is 21.8. The third-order valence-corrected chi connectivity index (χ3v) is 20.4. The van der Waals surface area contributed by atoms with Crippen LogP contribution in [0, 0.1) is 11.8 Å². The number of unbranched alkanes of at least 4 members (excludes halogenated alkanes) is 8. The molecule has 0 fully saturated rings. The molecule has 2 atom stereocenters. The monoisotopic (exact) mass is 775 g/mol. The minimum absolute atomic E-state index is 0.562. The third-order valence-electron chi connectivity index (χ3n) is 10.3. The number of carboxylic acids is 4. The van der Waals surface area contributed by atoms with Gasteiger partial charge in [0, 0.05) is 14.5 Å². The van der Waals surface area contributed by atoms with Crippen LogP contribution in [-0.4, -0.2) is 93.6 Å². The first kappa shape index (κ1) is 52.3. The first-order valence-electron chi connectivity index (χ1n) is 20.8. The molecule has 0 aromatic heterocycles. The molecule has 8 nitrogen and oxygen atoms in total. The fraction of sp³-hybridized carbons (Fsp3) is 0.810. The molecule has 0 spiro atoms. The van der Waals surface area contributed by atoms with E-state index in [1.165, 1.54) is 103 Å². The summed E-state index contributed by atoms with van der Waals surface area (Å²) in [5, 5.41) is 35.1. The van der Waals surface area contributed by atoms with Crippen molar-refractivity contribution in [2.24, 2.45) is 11.8 Å². The zero-order chi connectivity index (χ0) is 40.0. The van der Waals surface area contributed by atoms with Crippen LogP contribution >= 0.6 is 14.5 Å². The van der Waals surface area contributed by atoms with Crippen molar-refractivity contribution in [3.8, 4) is 0 Å². The van der Waals surface area contributed by atoms with E-state index in [9.17, 15) is 19.2 Å². The highest BCUT2D eigenvalue weighted by Gasteiger charge is 2.39. The maximum absolute atomic E-state index is 10.8. The maximum atomic E-state index is 10.8. The molecule has 304 valence electrons. The van der Waals surface area contributed by atoms with Gasteiger partial charge in [-0.15, -0.1) is 0 Å². The molecule has 4 N–H and O–H groups in total. The van der Waals surface area contributed by atoms with Crippen molar-refractivity contribution in [1.29, 1.82) is 0 Å². The average molecular weight is 775 g/mol. The van der Waals surface area contributed by atoms with E-state index >= 15 is 0 Å². The fourth-order valence-corrected chi connectivity index (χ4v) is 17.4. The molecule has 0 radical (unpaired) electrons. The second-order valence-electron chi connectivity index (χ2n) is 14.8. The number of hydrogen-bond acceptors (Lipinski definition) is 4. The molecule has 0 aromatic carbocycles. The zero-order valence-electron chi connectivity index (χ0n) is 34.6. The van der Waals surface area contributed by atoms with Gasteiger partial charge in [-0.1, -0.05) is 119 Å². The summed E-state index contributed by atoms with van der Waals surface area (Å²) in [6, 6.07) is 0. The van der Waals surface area contributed by atoms with Crippen molar-refractivity contribution < 1.29 is 39.6 Å². The van der Waals surface area contributed by atoms with Crippen LogP contribution in [0.15, 0.2) is 23.3 Å². The first-order chi connectivity index (χ1) is 24.7. The van der Waals surface area contributed by atoms with E-state index in [1.54, 1.807) is 49.3 Å². The van der Waals surface area contributed by atoms with Gasteiger partial charge in [-0.3, -0.25) is 9.59 Å². The number of rotatable bonds is 28. The lowest BCUT2D eigenvalue weighted by molar-refractivity contribution is -0.150. The average Bonchev–Trinajstić information content (AvgIpc) is 3.13. The predicted octanol–water partition coefficient (Wildman–Crippen LogP) is 11.8. The molecule has 0 amide bonds. The van der Waals surface area contributed by atoms with Crippen molar-refractivity contribution >= 4 is 38.4 Å². The van der Waals surface area contributed by atoms with E-state index in [0.717, 1.165) is 0 Å². The molecule has 0 aliphatic heterocycles. The summed E-state index contributed by atoms with van der Waals surface area (Å²) in [5.74, 6) is -9.56. The van der Waals surface area contributed by atoms with Crippen LogP contribution in [0.1, 0.15) is 158 Å². The molecule has 2 unspecified atom stereocenters. The lowest BCUT2D eigenvalue weighted by Gasteiger charge is -2.28. The smallest absolute Gasteiger partial charge is 0.336 e. The molecule has 1 aliphatic carbocycles. The quantitative estimate of drug-likeness (QED) is 0.0574. The van der Waals surface area contributed by atoms with E-state index < -0.39 is 61.4 Å². The number of hydrogen-bond donors (Lipinski definition) is 4. The van der Waals surface area contributed by atoms with Gasteiger partial charge in [-0.05, 0) is 51.4 Å². The second kappa shape index (κ2) is 31.6. The van der Waals surface area contributed by atoms with Crippen LogP contribution in [0.25, 0.3) is 0 Å². The molecule has 0 bridgehead atoms. The van der Waals surface area contributed by atoms with Gasteiger partial charge in [0.1, 0.15) is 0 Å². The van der Waals surface area contributed by atoms with Gasteiger partial charge in [0.05, 0.1) is 72.3 Å². The standard InChI is InChI=1S/2C16H36P.C10H8O8/c2*1-5-9-13-17(14-10-6-2,15-11-7-3)16-12-8-4;11-7(12)3-1-4(8(13)14)6(10(17)18)2-5(3)9(15)16/h2*5-16H2,1-4H3;1-3,5H,(H,11,12)(H,13,14)(H,15,16)(H,17,18)/q2*+1;. The van der Waals surface area contributed by atoms with Gasteiger partial charge >= 0.3 is 23.9 Å². The molecule has 0 saturated heterocycles. The number of carboxylic acid groups (broad SMARTS) is 4. The number of aliphatic carboxylic acids is 4. The Morgan fingerprint density at radius 3 is 0.692 bits per heavy atom. The van der Waals surface area contributed by atoms with E-state index in [2.05, 4.69) is 55.4 Å². The van der Waals surface area contributed by atoms with Crippen molar-refractivity contribution in [1.82, 2.24) is 0 Å². The Morgan fingerprint density at radius 2 is 0.577 bits per heavy atom. The van der Waals surface area contributed by atoms with Crippen LogP contribution in [0.4, 0.5) is 0 Å². The summed E-state index contributed by atoms with van der Waals surface area (Å²) in [5.41, 5.74) is -1.46. The molecule has 1 rings (SSSR count). The van der Waals surface area contributed by atoms with Gasteiger partial charge in [0.2, 0.25) is 0 Å². The highest BCUT2D eigenvalue weighted by Crippen LogP contribution is 2.62. The van der Waals surface area contributed by atoms with Gasteiger partial charge in [0.15, 0.2) is 0 Å². The van der Waals surface area contributed by atoms with Crippen LogP contribution in [0.3, 0.4) is 0 Å². The molecule has 0 saturated carbocycles. The summed E-state index contributed by atoms with van der Waals surface area (Å²) in [6.45, 7) is 18.8. The summed E-state index contributed by atoms with van der Waals surface area (Å²) < 4.78 is 0. The summed E-state index contributed by atoms with van der Waals surface area (Å²) in [6.07, 6.45) is 37.2. The van der Waals surface area contributed by atoms with E-state index in [0.29, 0.717) is 12.2 Å². The minimum atomic E-state index is -1.63. The van der Waals surface area contributed by atoms with Crippen molar-refractivity contribution in [2.45, 2.75) is 158 Å². The topological polar surface area (TPSA) is 149 Å². The van der Waals surface area contributed by atoms with Gasteiger partial charge in [-0.25, -0.2) is 9.59 Å². The van der Waals surface area contributed by atoms with Crippen molar-refractivity contribution in [2.75, 3.05) is 49.3 Å². The zero-order valence-corrected chi connectivity index (χ0v) is 36.4. The Hall–Kier alpha value is -1.78. The molecule has 52 heavy (non-hydrogen) atoms.